The Bertz CT molecular complexity index is 502. The number of aliphatic hydroxyl groups is 1. The minimum atomic E-state index is -0.873. The van der Waals surface area contributed by atoms with Gasteiger partial charge in [-0.2, -0.15) is 0 Å². The molecule has 0 bridgehead atoms. The van der Waals surface area contributed by atoms with Gasteiger partial charge in [-0.3, -0.25) is 9.59 Å². The SMILES string of the molecule is NC(CO)C(=O)NCCc1ccc2c(c1)CC(=O)N2. The minimum Gasteiger partial charge on any atom is -0.394 e. The third-order valence-electron chi connectivity index (χ3n) is 3.04. The van der Waals surface area contributed by atoms with Gasteiger partial charge in [-0.1, -0.05) is 12.1 Å². The molecule has 6 heteroatoms. The lowest BCUT2D eigenvalue weighted by Gasteiger charge is -2.10. The van der Waals surface area contributed by atoms with E-state index in [1.807, 2.05) is 18.2 Å². The Morgan fingerprint density at radius 1 is 1.53 bits per heavy atom. The second-order valence-electron chi connectivity index (χ2n) is 4.55. The van der Waals surface area contributed by atoms with Crippen LogP contribution in [0, 0.1) is 0 Å². The van der Waals surface area contributed by atoms with Gasteiger partial charge in [0, 0.05) is 12.2 Å². The molecule has 1 aromatic rings. The number of benzene rings is 1. The first kappa shape index (κ1) is 13.5. The number of nitrogens with two attached hydrogens (primary N) is 1. The van der Waals surface area contributed by atoms with E-state index in [4.69, 9.17) is 10.8 Å². The second-order valence-corrected chi connectivity index (χ2v) is 4.55. The van der Waals surface area contributed by atoms with Gasteiger partial charge in [0.05, 0.1) is 13.0 Å². The number of carbonyl (C=O) groups excluding carboxylic acids is 2. The van der Waals surface area contributed by atoms with Crippen LogP contribution in [-0.4, -0.2) is 36.1 Å². The molecule has 6 nitrogen and oxygen atoms in total. The van der Waals surface area contributed by atoms with E-state index in [0.29, 0.717) is 19.4 Å². The summed E-state index contributed by atoms with van der Waals surface area (Å²) in [4.78, 5) is 22.6. The Morgan fingerprint density at radius 2 is 2.32 bits per heavy atom. The summed E-state index contributed by atoms with van der Waals surface area (Å²) in [7, 11) is 0. The molecule has 102 valence electrons. The third kappa shape index (κ3) is 3.30. The van der Waals surface area contributed by atoms with Crippen molar-refractivity contribution in [2.75, 3.05) is 18.5 Å². The number of fused-ring (bicyclic) bond motifs is 1. The van der Waals surface area contributed by atoms with Gasteiger partial charge in [0.15, 0.2) is 0 Å². The van der Waals surface area contributed by atoms with Crippen molar-refractivity contribution in [2.45, 2.75) is 18.9 Å². The Balaban J connectivity index is 1.86. The van der Waals surface area contributed by atoms with E-state index in [9.17, 15) is 9.59 Å². The van der Waals surface area contributed by atoms with Crippen molar-refractivity contribution in [3.8, 4) is 0 Å². The third-order valence-corrected chi connectivity index (χ3v) is 3.04. The number of rotatable bonds is 5. The molecule has 1 aromatic carbocycles. The van der Waals surface area contributed by atoms with Crippen LogP contribution in [0.5, 0.6) is 0 Å². The van der Waals surface area contributed by atoms with E-state index < -0.39 is 6.04 Å². The molecule has 1 heterocycles. The smallest absolute Gasteiger partial charge is 0.239 e. The van der Waals surface area contributed by atoms with E-state index in [1.54, 1.807) is 0 Å². The molecule has 2 rings (SSSR count). The molecule has 1 unspecified atom stereocenters. The molecule has 0 saturated heterocycles. The minimum absolute atomic E-state index is 0.00868. The molecule has 0 radical (unpaired) electrons. The molecular weight excluding hydrogens is 246 g/mol. The zero-order chi connectivity index (χ0) is 13.8. The highest BCUT2D eigenvalue weighted by molar-refractivity contribution is 5.99. The zero-order valence-electron chi connectivity index (χ0n) is 10.5. The van der Waals surface area contributed by atoms with Gasteiger partial charge in [-0.05, 0) is 23.6 Å². The lowest BCUT2D eigenvalue weighted by Crippen LogP contribution is -2.43. The molecule has 0 spiro atoms. The predicted molar refractivity (Wildman–Crippen MR) is 70.6 cm³/mol. The Labute approximate surface area is 111 Å². The van der Waals surface area contributed by atoms with Gasteiger partial charge < -0.3 is 21.5 Å². The Hall–Kier alpha value is -1.92. The molecule has 0 aliphatic carbocycles. The highest BCUT2D eigenvalue weighted by Gasteiger charge is 2.17. The molecular formula is C13H17N3O3. The molecule has 0 aromatic heterocycles. The highest BCUT2D eigenvalue weighted by Crippen LogP contribution is 2.23. The Morgan fingerprint density at radius 3 is 3.05 bits per heavy atom. The van der Waals surface area contributed by atoms with Gasteiger partial charge >= 0.3 is 0 Å². The molecule has 1 atom stereocenters. The van der Waals surface area contributed by atoms with E-state index in [-0.39, 0.29) is 18.4 Å². The number of anilines is 1. The molecule has 5 N–H and O–H groups in total. The summed E-state index contributed by atoms with van der Waals surface area (Å²) in [6.07, 6.45) is 1.07. The molecule has 0 saturated carbocycles. The summed E-state index contributed by atoms with van der Waals surface area (Å²) in [6, 6.07) is 4.88. The van der Waals surface area contributed by atoms with Crippen LogP contribution >= 0.6 is 0 Å². The molecule has 1 aliphatic rings. The maximum absolute atomic E-state index is 11.3. The number of hydrogen-bond donors (Lipinski definition) is 4. The van der Waals surface area contributed by atoms with Crippen molar-refractivity contribution in [2.24, 2.45) is 5.73 Å². The molecule has 1 aliphatic heterocycles. The number of amides is 2. The predicted octanol–water partition coefficient (Wildman–Crippen LogP) is -0.840. The van der Waals surface area contributed by atoms with E-state index in [2.05, 4.69) is 10.6 Å². The van der Waals surface area contributed by atoms with Gasteiger partial charge in [0.1, 0.15) is 6.04 Å². The van der Waals surface area contributed by atoms with E-state index in [1.165, 1.54) is 0 Å². The largest absolute Gasteiger partial charge is 0.394 e. The van der Waals surface area contributed by atoms with Crippen molar-refractivity contribution in [1.29, 1.82) is 0 Å². The maximum Gasteiger partial charge on any atom is 0.239 e. The fourth-order valence-electron chi connectivity index (χ4n) is 1.98. The van der Waals surface area contributed by atoms with Crippen LogP contribution in [0.25, 0.3) is 0 Å². The first-order chi connectivity index (χ1) is 9.10. The molecule has 2 amide bonds. The first-order valence-electron chi connectivity index (χ1n) is 6.16. The lowest BCUT2D eigenvalue weighted by molar-refractivity contribution is -0.123. The van der Waals surface area contributed by atoms with Crippen LogP contribution in [0.2, 0.25) is 0 Å². The summed E-state index contributed by atoms with van der Waals surface area (Å²) in [5.74, 6) is -0.352. The summed E-state index contributed by atoms with van der Waals surface area (Å²) in [5, 5.41) is 14.1. The zero-order valence-corrected chi connectivity index (χ0v) is 10.5. The monoisotopic (exact) mass is 263 g/mol. The van der Waals surface area contributed by atoms with Crippen LogP contribution in [0.4, 0.5) is 5.69 Å². The van der Waals surface area contributed by atoms with Crippen molar-refractivity contribution in [1.82, 2.24) is 5.32 Å². The van der Waals surface area contributed by atoms with Crippen LogP contribution in [0.15, 0.2) is 18.2 Å². The molecule has 0 fully saturated rings. The summed E-state index contributed by atoms with van der Waals surface area (Å²) < 4.78 is 0. The highest BCUT2D eigenvalue weighted by atomic mass is 16.3. The number of carbonyl (C=O) groups is 2. The van der Waals surface area contributed by atoms with Gasteiger partial charge in [-0.25, -0.2) is 0 Å². The van der Waals surface area contributed by atoms with Crippen LogP contribution in [0.3, 0.4) is 0 Å². The fourth-order valence-corrected chi connectivity index (χ4v) is 1.98. The maximum atomic E-state index is 11.3. The Kier molecular flexibility index (Phi) is 4.13. The van der Waals surface area contributed by atoms with Crippen molar-refractivity contribution in [3.63, 3.8) is 0 Å². The molecule has 19 heavy (non-hydrogen) atoms. The van der Waals surface area contributed by atoms with Crippen LogP contribution in [0.1, 0.15) is 11.1 Å². The topological polar surface area (TPSA) is 104 Å². The van der Waals surface area contributed by atoms with Crippen molar-refractivity contribution < 1.29 is 14.7 Å². The summed E-state index contributed by atoms with van der Waals surface area (Å²) >= 11 is 0. The van der Waals surface area contributed by atoms with Crippen LogP contribution < -0.4 is 16.4 Å². The number of nitrogens with one attached hydrogen (secondary N) is 2. The number of hydrogen-bond acceptors (Lipinski definition) is 4. The average Bonchev–Trinajstić information content (AvgIpc) is 2.77. The first-order valence-corrected chi connectivity index (χ1v) is 6.16. The van der Waals surface area contributed by atoms with Gasteiger partial charge in [0.25, 0.3) is 0 Å². The van der Waals surface area contributed by atoms with Crippen molar-refractivity contribution >= 4 is 17.5 Å². The fraction of sp³-hybridized carbons (Fsp3) is 0.385. The second kappa shape index (κ2) is 5.81. The normalized spacial score (nSPS) is 14.7. The van der Waals surface area contributed by atoms with Gasteiger partial charge in [-0.15, -0.1) is 0 Å². The standard InChI is InChI=1S/C13H17N3O3/c14-10(7-17)13(19)15-4-3-8-1-2-11-9(5-8)6-12(18)16-11/h1-2,5,10,17H,3-4,6-7,14H2,(H,15,19)(H,16,18). The number of aliphatic hydroxyl groups excluding tert-OH is 1. The summed E-state index contributed by atoms with van der Waals surface area (Å²) in [6.45, 7) is 0.0884. The summed E-state index contributed by atoms with van der Waals surface area (Å²) in [5.41, 5.74) is 8.27. The quantitative estimate of drug-likeness (QED) is 0.556. The van der Waals surface area contributed by atoms with E-state index in [0.717, 1.165) is 16.8 Å². The van der Waals surface area contributed by atoms with Crippen molar-refractivity contribution in [3.05, 3.63) is 29.3 Å². The average molecular weight is 263 g/mol. The van der Waals surface area contributed by atoms with Gasteiger partial charge in [0.2, 0.25) is 11.8 Å². The lowest BCUT2D eigenvalue weighted by atomic mass is 10.1. The van der Waals surface area contributed by atoms with E-state index >= 15 is 0 Å². The van der Waals surface area contributed by atoms with Crippen LogP contribution in [-0.2, 0) is 22.4 Å².